The number of hydrogen-bond acceptors (Lipinski definition) is 8. The number of thiol groups is 1. The topological polar surface area (TPSA) is 199 Å². The third-order valence-corrected chi connectivity index (χ3v) is 5.75. The zero-order valence-electron chi connectivity index (χ0n) is 18.2. The molecule has 34 heavy (non-hydrogen) atoms. The van der Waals surface area contributed by atoms with Gasteiger partial charge in [-0.15, -0.1) is 0 Å². The monoisotopic (exact) mass is 496 g/mol. The second kappa shape index (κ2) is 12.2. The highest BCUT2D eigenvalue weighted by molar-refractivity contribution is 7.80. The lowest BCUT2D eigenvalue weighted by molar-refractivity contribution is -0.149. The molecule has 13 heteroatoms. The summed E-state index contributed by atoms with van der Waals surface area (Å²) >= 11 is 3.90. The van der Waals surface area contributed by atoms with Gasteiger partial charge in [-0.3, -0.25) is 19.2 Å². The van der Waals surface area contributed by atoms with Crippen LogP contribution in [0, 0.1) is 0 Å². The van der Waals surface area contributed by atoms with E-state index in [1.807, 2.05) is 0 Å². The molecule has 1 aliphatic heterocycles. The van der Waals surface area contributed by atoms with Gasteiger partial charge in [-0.25, -0.2) is 4.79 Å². The Morgan fingerprint density at radius 2 is 1.68 bits per heavy atom. The Bertz CT molecular complexity index is 926. The Balaban J connectivity index is 2.28. The van der Waals surface area contributed by atoms with Gasteiger partial charge in [-0.1, -0.05) is 12.1 Å². The molecule has 1 heterocycles. The van der Waals surface area contributed by atoms with Crippen LogP contribution in [-0.2, 0) is 30.4 Å². The first-order chi connectivity index (χ1) is 16.0. The number of aliphatic carboxylic acids is 2. The van der Waals surface area contributed by atoms with Crippen molar-refractivity contribution in [2.24, 2.45) is 5.73 Å². The molecule has 1 aromatic rings. The van der Waals surface area contributed by atoms with Gasteiger partial charge in [-0.05, 0) is 30.5 Å². The van der Waals surface area contributed by atoms with E-state index >= 15 is 0 Å². The molecule has 0 spiro atoms. The molecule has 7 N–H and O–H groups in total. The molecule has 4 unspecified atom stereocenters. The number of benzene rings is 1. The van der Waals surface area contributed by atoms with E-state index in [9.17, 15) is 39.3 Å². The Kier molecular flexibility index (Phi) is 9.69. The van der Waals surface area contributed by atoms with Gasteiger partial charge in [0.1, 0.15) is 23.9 Å². The maximum Gasteiger partial charge on any atom is 0.326 e. The largest absolute Gasteiger partial charge is 0.508 e. The summed E-state index contributed by atoms with van der Waals surface area (Å²) in [6.45, 7) is 0.184. The summed E-state index contributed by atoms with van der Waals surface area (Å²) < 4.78 is 0. The molecular formula is C21H28N4O8S. The van der Waals surface area contributed by atoms with Gasteiger partial charge < -0.3 is 36.6 Å². The predicted octanol–water partition coefficient (Wildman–Crippen LogP) is -1.29. The Morgan fingerprint density at radius 3 is 2.24 bits per heavy atom. The molecule has 12 nitrogen and oxygen atoms in total. The van der Waals surface area contributed by atoms with Crippen LogP contribution in [0.5, 0.6) is 5.75 Å². The van der Waals surface area contributed by atoms with Crippen molar-refractivity contribution in [2.75, 3.05) is 12.3 Å². The van der Waals surface area contributed by atoms with E-state index in [-0.39, 0.29) is 30.9 Å². The summed E-state index contributed by atoms with van der Waals surface area (Å²) in [6, 6.07) is 0.939. The number of hydrogen-bond donors (Lipinski definition) is 7. The fourth-order valence-electron chi connectivity index (χ4n) is 3.57. The number of nitrogens with one attached hydrogen (secondary N) is 2. The average Bonchev–Trinajstić information content (AvgIpc) is 3.28. The average molecular weight is 497 g/mol. The summed E-state index contributed by atoms with van der Waals surface area (Å²) in [5, 5.41) is 32.8. The van der Waals surface area contributed by atoms with Crippen LogP contribution in [0.2, 0.25) is 0 Å². The van der Waals surface area contributed by atoms with Crippen molar-refractivity contribution in [3.05, 3.63) is 29.8 Å². The molecular weight excluding hydrogens is 468 g/mol. The van der Waals surface area contributed by atoms with Gasteiger partial charge in [0.25, 0.3) is 0 Å². The summed E-state index contributed by atoms with van der Waals surface area (Å²) in [7, 11) is 0. The number of amides is 3. The van der Waals surface area contributed by atoms with Gasteiger partial charge in [0.15, 0.2) is 0 Å². The lowest BCUT2D eigenvalue weighted by Crippen LogP contribution is -2.58. The summed E-state index contributed by atoms with van der Waals surface area (Å²) in [5.41, 5.74) is 6.14. The zero-order valence-corrected chi connectivity index (χ0v) is 19.1. The lowest BCUT2D eigenvalue weighted by atomic mass is 10.0. The zero-order chi connectivity index (χ0) is 25.4. The number of carboxylic acid groups (broad SMARTS) is 2. The minimum absolute atomic E-state index is 0.00842. The first-order valence-corrected chi connectivity index (χ1v) is 11.2. The number of carbonyl (C=O) groups is 5. The fraction of sp³-hybridized carbons (Fsp3) is 0.476. The fourth-order valence-corrected chi connectivity index (χ4v) is 3.74. The number of phenols is 1. The van der Waals surface area contributed by atoms with Crippen LogP contribution in [0.3, 0.4) is 0 Å². The maximum atomic E-state index is 13.3. The highest BCUT2D eigenvalue weighted by Crippen LogP contribution is 2.20. The number of nitrogens with two attached hydrogens (primary N) is 1. The summed E-state index contributed by atoms with van der Waals surface area (Å²) in [5.74, 6) is -4.97. The highest BCUT2D eigenvalue weighted by atomic mass is 32.1. The number of phenolic OH excluding ortho intramolecular Hbond substituents is 1. The van der Waals surface area contributed by atoms with E-state index in [2.05, 4.69) is 23.3 Å². The van der Waals surface area contributed by atoms with E-state index in [1.54, 1.807) is 0 Å². The van der Waals surface area contributed by atoms with Gasteiger partial charge in [0.2, 0.25) is 17.7 Å². The van der Waals surface area contributed by atoms with Crippen LogP contribution in [0.1, 0.15) is 24.8 Å². The van der Waals surface area contributed by atoms with E-state index in [0.29, 0.717) is 12.0 Å². The molecule has 186 valence electrons. The molecule has 0 bridgehead atoms. The summed E-state index contributed by atoms with van der Waals surface area (Å²) in [6.07, 6.45) is -0.0851. The van der Waals surface area contributed by atoms with Gasteiger partial charge in [-0.2, -0.15) is 12.6 Å². The maximum absolute atomic E-state index is 13.3. The van der Waals surface area contributed by atoms with E-state index in [0.717, 1.165) is 4.90 Å². The van der Waals surface area contributed by atoms with E-state index in [4.69, 9.17) is 5.73 Å². The van der Waals surface area contributed by atoms with Gasteiger partial charge in [0, 0.05) is 18.7 Å². The van der Waals surface area contributed by atoms with Gasteiger partial charge in [0.05, 0.1) is 12.5 Å². The lowest BCUT2D eigenvalue weighted by Gasteiger charge is -2.29. The van der Waals surface area contributed by atoms with Crippen LogP contribution >= 0.6 is 12.6 Å². The number of nitrogens with zero attached hydrogens (tertiary/aromatic N) is 1. The van der Waals surface area contributed by atoms with Crippen molar-refractivity contribution in [3.8, 4) is 5.75 Å². The number of likely N-dealkylation sites (tertiary alicyclic amines) is 1. The van der Waals surface area contributed by atoms with Crippen molar-refractivity contribution in [1.29, 1.82) is 0 Å². The first kappa shape index (κ1) is 26.9. The van der Waals surface area contributed by atoms with E-state index in [1.165, 1.54) is 24.3 Å². The minimum Gasteiger partial charge on any atom is -0.508 e. The first-order valence-electron chi connectivity index (χ1n) is 10.5. The smallest absolute Gasteiger partial charge is 0.326 e. The summed E-state index contributed by atoms with van der Waals surface area (Å²) in [4.78, 5) is 62.3. The minimum atomic E-state index is -1.53. The van der Waals surface area contributed by atoms with Crippen molar-refractivity contribution >= 4 is 42.3 Å². The molecule has 0 radical (unpaired) electrons. The SMILES string of the molecule is NC(CS)C(=O)NC(CC(=O)O)C(=O)NC(Cc1ccc(O)cc1)C(=O)N1CCCC1C(=O)O. The molecule has 0 aromatic heterocycles. The number of rotatable bonds is 11. The Hall–Kier alpha value is -3.32. The van der Waals surface area contributed by atoms with Crippen LogP contribution in [0.4, 0.5) is 0 Å². The third kappa shape index (κ3) is 7.35. The quantitative estimate of drug-likeness (QED) is 0.182. The predicted molar refractivity (Wildman–Crippen MR) is 122 cm³/mol. The van der Waals surface area contributed by atoms with Crippen LogP contribution in [0.15, 0.2) is 24.3 Å². The molecule has 1 aromatic carbocycles. The standard InChI is InChI=1S/C21H28N4O8S/c22-13(10-34)18(29)23-14(9-17(27)28)19(30)24-15(8-11-3-5-12(26)6-4-11)20(31)25-7-1-2-16(25)21(32)33/h3-6,13-16,26,34H,1-2,7-10,22H2,(H,23,29)(H,24,30)(H,27,28)(H,32,33). The number of carboxylic acids is 2. The second-order valence-electron chi connectivity index (χ2n) is 7.91. The van der Waals surface area contributed by atoms with Gasteiger partial charge >= 0.3 is 11.9 Å². The molecule has 2 rings (SSSR count). The highest BCUT2D eigenvalue weighted by Gasteiger charge is 2.38. The third-order valence-electron chi connectivity index (χ3n) is 5.36. The number of carbonyl (C=O) groups excluding carboxylic acids is 3. The van der Waals surface area contributed by atoms with Crippen molar-refractivity contribution in [3.63, 3.8) is 0 Å². The van der Waals surface area contributed by atoms with Crippen LogP contribution in [0.25, 0.3) is 0 Å². The Morgan fingerprint density at radius 1 is 1.06 bits per heavy atom. The normalized spacial score (nSPS) is 17.9. The Labute approximate surface area is 200 Å². The second-order valence-corrected chi connectivity index (χ2v) is 8.27. The van der Waals surface area contributed by atoms with Crippen LogP contribution in [-0.4, -0.2) is 86.3 Å². The molecule has 1 saturated heterocycles. The number of aromatic hydroxyl groups is 1. The molecule has 4 atom stereocenters. The van der Waals surface area contributed by atoms with E-state index < -0.39 is 60.2 Å². The van der Waals surface area contributed by atoms with Crippen LogP contribution < -0.4 is 16.4 Å². The van der Waals surface area contributed by atoms with Crippen molar-refractivity contribution in [1.82, 2.24) is 15.5 Å². The molecule has 1 aliphatic rings. The van der Waals surface area contributed by atoms with Crippen molar-refractivity contribution in [2.45, 2.75) is 49.9 Å². The molecule has 1 fully saturated rings. The molecule has 0 aliphatic carbocycles. The molecule has 3 amide bonds. The van der Waals surface area contributed by atoms with Crippen molar-refractivity contribution < 1.29 is 39.3 Å². The molecule has 0 saturated carbocycles.